The summed E-state index contributed by atoms with van der Waals surface area (Å²) in [6, 6.07) is 7.88. The SMILES string of the molecule is CC(C)CC(=O)N[C@@H](CC[S@@](=O)c1ccccc1)C(=O)O. The van der Waals surface area contributed by atoms with Crippen LogP contribution < -0.4 is 5.32 Å². The Bertz CT molecular complexity index is 502. The molecule has 21 heavy (non-hydrogen) atoms. The van der Waals surface area contributed by atoms with Gasteiger partial charge >= 0.3 is 5.97 Å². The van der Waals surface area contributed by atoms with Crippen LogP contribution in [0.2, 0.25) is 0 Å². The molecule has 0 heterocycles. The molecular weight excluding hydrogens is 290 g/mol. The third kappa shape index (κ3) is 6.53. The molecule has 1 rings (SSSR count). The van der Waals surface area contributed by atoms with Crippen LogP contribution in [0.5, 0.6) is 0 Å². The Hall–Kier alpha value is -1.69. The minimum Gasteiger partial charge on any atom is -0.480 e. The van der Waals surface area contributed by atoms with Crippen LogP contribution in [0.4, 0.5) is 0 Å². The van der Waals surface area contributed by atoms with E-state index in [0.29, 0.717) is 4.90 Å². The number of carbonyl (C=O) groups is 2. The number of rotatable bonds is 8. The van der Waals surface area contributed by atoms with Gasteiger partial charge in [-0.15, -0.1) is 0 Å². The van der Waals surface area contributed by atoms with Crippen molar-refractivity contribution >= 4 is 22.7 Å². The van der Waals surface area contributed by atoms with Gasteiger partial charge in [-0.05, 0) is 24.5 Å². The van der Waals surface area contributed by atoms with Crippen molar-refractivity contribution in [3.8, 4) is 0 Å². The summed E-state index contributed by atoms with van der Waals surface area (Å²) in [6.45, 7) is 3.78. The molecule has 1 amide bonds. The zero-order chi connectivity index (χ0) is 15.8. The predicted molar refractivity (Wildman–Crippen MR) is 81.4 cm³/mol. The lowest BCUT2D eigenvalue weighted by Crippen LogP contribution is -2.42. The molecule has 6 heteroatoms. The number of carbonyl (C=O) groups excluding carboxylic acids is 1. The maximum atomic E-state index is 12.0. The zero-order valence-corrected chi connectivity index (χ0v) is 13.1. The molecule has 116 valence electrons. The molecular formula is C15H21NO4S. The summed E-state index contributed by atoms with van der Waals surface area (Å²) in [5.74, 6) is -1.03. The lowest BCUT2D eigenvalue weighted by Gasteiger charge is -2.15. The highest BCUT2D eigenvalue weighted by atomic mass is 32.2. The van der Waals surface area contributed by atoms with Crippen LogP contribution in [0.1, 0.15) is 26.7 Å². The molecule has 0 unspecified atom stereocenters. The van der Waals surface area contributed by atoms with E-state index in [-0.39, 0.29) is 30.4 Å². The summed E-state index contributed by atoms with van der Waals surface area (Å²) in [6.07, 6.45) is 0.423. The second-order valence-electron chi connectivity index (χ2n) is 5.21. The first-order valence-corrected chi connectivity index (χ1v) is 8.17. The molecule has 0 aliphatic heterocycles. The molecule has 2 atom stereocenters. The highest BCUT2D eigenvalue weighted by molar-refractivity contribution is 7.85. The van der Waals surface area contributed by atoms with E-state index >= 15 is 0 Å². The van der Waals surface area contributed by atoms with Gasteiger partial charge in [-0.25, -0.2) is 4.79 Å². The minimum absolute atomic E-state index is 0.140. The van der Waals surface area contributed by atoms with Gasteiger partial charge in [0.2, 0.25) is 5.91 Å². The van der Waals surface area contributed by atoms with Gasteiger partial charge in [0.1, 0.15) is 6.04 Å². The van der Waals surface area contributed by atoms with Crippen LogP contribution in [0.3, 0.4) is 0 Å². The van der Waals surface area contributed by atoms with Crippen molar-refractivity contribution in [1.82, 2.24) is 5.32 Å². The van der Waals surface area contributed by atoms with E-state index in [1.807, 2.05) is 19.9 Å². The first-order valence-electron chi connectivity index (χ1n) is 6.85. The fourth-order valence-electron chi connectivity index (χ4n) is 1.80. The zero-order valence-electron chi connectivity index (χ0n) is 12.2. The maximum absolute atomic E-state index is 12.0. The minimum atomic E-state index is -1.26. The van der Waals surface area contributed by atoms with Crippen molar-refractivity contribution in [3.63, 3.8) is 0 Å². The average Bonchev–Trinajstić information content (AvgIpc) is 2.42. The number of benzene rings is 1. The molecule has 0 fully saturated rings. The fourth-order valence-corrected chi connectivity index (χ4v) is 2.94. The molecule has 0 aliphatic rings. The summed E-state index contributed by atoms with van der Waals surface area (Å²) in [4.78, 5) is 23.5. The van der Waals surface area contributed by atoms with Crippen LogP contribution >= 0.6 is 0 Å². The summed E-state index contributed by atoms with van der Waals surface area (Å²) >= 11 is 0. The molecule has 0 radical (unpaired) electrons. The van der Waals surface area contributed by atoms with Crippen molar-refractivity contribution in [2.75, 3.05) is 5.75 Å². The first-order chi connectivity index (χ1) is 9.90. The van der Waals surface area contributed by atoms with Crippen molar-refractivity contribution in [1.29, 1.82) is 0 Å². The average molecular weight is 311 g/mol. The topological polar surface area (TPSA) is 83.5 Å². The van der Waals surface area contributed by atoms with Crippen LogP contribution in [0.15, 0.2) is 35.2 Å². The van der Waals surface area contributed by atoms with E-state index in [4.69, 9.17) is 5.11 Å². The summed E-state index contributed by atoms with van der Waals surface area (Å²) in [5.41, 5.74) is 0. The number of hydrogen-bond donors (Lipinski definition) is 2. The van der Waals surface area contributed by atoms with E-state index in [9.17, 15) is 13.8 Å². The number of carboxylic acids is 1. The van der Waals surface area contributed by atoms with Gasteiger partial charge in [-0.3, -0.25) is 9.00 Å². The quantitative estimate of drug-likeness (QED) is 0.767. The molecule has 0 aromatic heterocycles. The Balaban J connectivity index is 2.54. The Kier molecular flexibility index (Phi) is 7.08. The van der Waals surface area contributed by atoms with Crippen molar-refractivity contribution in [2.24, 2.45) is 5.92 Å². The number of aliphatic carboxylic acids is 1. The van der Waals surface area contributed by atoms with Gasteiger partial charge in [0.15, 0.2) is 0 Å². The maximum Gasteiger partial charge on any atom is 0.326 e. The molecule has 1 aromatic carbocycles. The third-order valence-corrected chi connectivity index (χ3v) is 4.23. The van der Waals surface area contributed by atoms with Crippen LogP contribution in [-0.4, -0.2) is 33.0 Å². The number of amides is 1. The summed E-state index contributed by atoms with van der Waals surface area (Å²) in [5, 5.41) is 11.6. The highest BCUT2D eigenvalue weighted by Gasteiger charge is 2.21. The molecule has 0 spiro atoms. The van der Waals surface area contributed by atoms with Crippen LogP contribution in [0.25, 0.3) is 0 Å². The van der Waals surface area contributed by atoms with Gasteiger partial charge < -0.3 is 10.4 Å². The fraction of sp³-hybridized carbons (Fsp3) is 0.467. The van der Waals surface area contributed by atoms with Crippen molar-refractivity contribution in [3.05, 3.63) is 30.3 Å². The predicted octanol–water partition coefficient (Wildman–Crippen LogP) is 1.80. The second-order valence-corrected chi connectivity index (χ2v) is 6.78. The number of nitrogens with one attached hydrogen (secondary N) is 1. The van der Waals surface area contributed by atoms with Gasteiger partial charge in [-0.1, -0.05) is 32.0 Å². The van der Waals surface area contributed by atoms with Gasteiger partial charge in [0.25, 0.3) is 0 Å². The Morgan fingerprint density at radius 1 is 1.24 bits per heavy atom. The molecule has 1 aromatic rings. The van der Waals surface area contributed by atoms with E-state index in [0.717, 1.165) is 0 Å². The van der Waals surface area contributed by atoms with Crippen molar-refractivity contribution in [2.45, 2.75) is 37.6 Å². The van der Waals surface area contributed by atoms with Crippen LogP contribution in [0, 0.1) is 5.92 Å². The summed E-state index contributed by atoms with van der Waals surface area (Å²) in [7, 11) is -1.26. The molecule has 0 aliphatic carbocycles. The Morgan fingerprint density at radius 3 is 2.38 bits per heavy atom. The Labute approximate surface area is 127 Å². The first kappa shape index (κ1) is 17.4. The standard InChI is InChI=1S/C15H21NO4S/c1-11(2)10-14(17)16-13(15(18)19)8-9-21(20)12-6-4-3-5-7-12/h3-7,11,13H,8-10H2,1-2H3,(H,16,17)(H,18,19)/t13-,21+/m0/s1. The second kappa shape index (κ2) is 8.56. The molecule has 0 saturated carbocycles. The molecule has 5 nitrogen and oxygen atoms in total. The summed E-state index contributed by atoms with van der Waals surface area (Å²) < 4.78 is 12.0. The Morgan fingerprint density at radius 2 is 1.86 bits per heavy atom. The van der Waals surface area contributed by atoms with Crippen LogP contribution in [-0.2, 0) is 20.4 Å². The van der Waals surface area contributed by atoms with E-state index < -0.39 is 22.8 Å². The normalized spacial score (nSPS) is 13.7. The van der Waals surface area contributed by atoms with Gasteiger partial charge in [-0.2, -0.15) is 0 Å². The lowest BCUT2D eigenvalue weighted by molar-refractivity contribution is -0.142. The third-order valence-electron chi connectivity index (χ3n) is 2.82. The highest BCUT2D eigenvalue weighted by Crippen LogP contribution is 2.08. The van der Waals surface area contributed by atoms with E-state index in [1.165, 1.54) is 0 Å². The number of hydrogen-bond acceptors (Lipinski definition) is 3. The smallest absolute Gasteiger partial charge is 0.326 e. The molecule has 0 bridgehead atoms. The van der Waals surface area contributed by atoms with E-state index in [1.54, 1.807) is 24.3 Å². The van der Waals surface area contributed by atoms with E-state index in [2.05, 4.69) is 5.32 Å². The lowest BCUT2D eigenvalue weighted by atomic mass is 10.1. The van der Waals surface area contributed by atoms with Crippen molar-refractivity contribution < 1.29 is 18.9 Å². The monoisotopic (exact) mass is 311 g/mol. The largest absolute Gasteiger partial charge is 0.480 e. The molecule has 0 saturated heterocycles. The number of carboxylic acid groups (broad SMARTS) is 1. The van der Waals surface area contributed by atoms with Gasteiger partial charge in [0.05, 0.1) is 10.8 Å². The molecule has 2 N–H and O–H groups in total. The van der Waals surface area contributed by atoms with Gasteiger partial charge in [0, 0.05) is 17.1 Å².